The quantitative estimate of drug-likeness (QED) is 0.369. The van der Waals surface area contributed by atoms with E-state index in [-0.39, 0.29) is 24.8 Å². The van der Waals surface area contributed by atoms with Gasteiger partial charge in [0.1, 0.15) is 11.9 Å². The molecule has 1 aromatic rings. The molecule has 4 nitrogen and oxygen atoms in total. The average molecular weight is 334 g/mol. The van der Waals surface area contributed by atoms with E-state index in [0.717, 1.165) is 44.3 Å². The van der Waals surface area contributed by atoms with Crippen molar-refractivity contribution in [3.05, 3.63) is 29.8 Å². The van der Waals surface area contributed by atoms with Crippen LogP contribution in [0.4, 0.5) is 0 Å². The SMILES string of the molecule is CCCCCC(=O)O[C@@H]1CCCC[C@H]1c1cccc(OCOC)c1. The van der Waals surface area contributed by atoms with Gasteiger partial charge in [-0.25, -0.2) is 0 Å². The third-order valence-electron chi connectivity index (χ3n) is 4.60. The van der Waals surface area contributed by atoms with Gasteiger partial charge >= 0.3 is 5.97 Å². The molecular weight excluding hydrogens is 304 g/mol. The molecule has 0 N–H and O–H groups in total. The van der Waals surface area contributed by atoms with Crippen LogP contribution < -0.4 is 4.74 Å². The van der Waals surface area contributed by atoms with Crippen molar-refractivity contribution < 1.29 is 19.0 Å². The van der Waals surface area contributed by atoms with Crippen LogP contribution >= 0.6 is 0 Å². The summed E-state index contributed by atoms with van der Waals surface area (Å²) in [5.74, 6) is 1.01. The second-order valence-electron chi connectivity index (χ2n) is 6.50. The van der Waals surface area contributed by atoms with Gasteiger partial charge in [0.05, 0.1) is 0 Å². The molecule has 0 spiro atoms. The topological polar surface area (TPSA) is 44.8 Å². The minimum atomic E-state index is -0.0489. The van der Waals surface area contributed by atoms with E-state index in [1.54, 1.807) is 7.11 Å². The van der Waals surface area contributed by atoms with Crippen LogP contribution in [0.15, 0.2) is 24.3 Å². The monoisotopic (exact) mass is 334 g/mol. The number of esters is 1. The molecular formula is C20H30O4. The highest BCUT2D eigenvalue weighted by Crippen LogP contribution is 2.36. The summed E-state index contributed by atoms with van der Waals surface area (Å²) < 4.78 is 16.3. The molecule has 1 aliphatic carbocycles. The van der Waals surface area contributed by atoms with Crippen molar-refractivity contribution in [1.29, 1.82) is 0 Å². The normalized spacial score (nSPS) is 20.6. The summed E-state index contributed by atoms with van der Waals surface area (Å²) in [6.07, 6.45) is 7.97. The number of benzene rings is 1. The third kappa shape index (κ3) is 5.82. The van der Waals surface area contributed by atoms with E-state index in [4.69, 9.17) is 14.2 Å². The van der Waals surface area contributed by atoms with Crippen LogP contribution in [-0.2, 0) is 14.3 Å². The molecule has 4 heteroatoms. The first kappa shape index (κ1) is 18.8. The van der Waals surface area contributed by atoms with E-state index in [9.17, 15) is 4.79 Å². The Balaban J connectivity index is 1.99. The molecule has 134 valence electrons. The van der Waals surface area contributed by atoms with E-state index in [0.29, 0.717) is 6.42 Å². The summed E-state index contributed by atoms with van der Waals surface area (Å²) in [7, 11) is 1.61. The largest absolute Gasteiger partial charge is 0.468 e. The molecule has 0 radical (unpaired) electrons. The Labute approximate surface area is 145 Å². The first-order chi connectivity index (χ1) is 11.7. The Morgan fingerprint density at radius 3 is 2.83 bits per heavy atom. The van der Waals surface area contributed by atoms with Crippen LogP contribution in [0.2, 0.25) is 0 Å². The summed E-state index contributed by atoms with van der Waals surface area (Å²) in [5.41, 5.74) is 1.19. The highest BCUT2D eigenvalue weighted by Gasteiger charge is 2.29. The molecule has 0 amide bonds. The Morgan fingerprint density at radius 1 is 1.21 bits per heavy atom. The van der Waals surface area contributed by atoms with Crippen LogP contribution in [0.1, 0.15) is 69.8 Å². The molecule has 1 aromatic carbocycles. The Hall–Kier alpha value is -1.55. The van der Waals surface area contributed by atoms with Crippen molar-refractivity contribution in [2.75, 3.05) is 13.9 Å². The van der Waals surface area contributed by atoms with Gasteiger partial charge in [0.2, 0.25) is 0 Å². The molecule has 24 heavy (non-hydrogen) atoms. The highest BCUT2D eigenvalue weighted by molar-refractivity contribution is 5.69. The van der Waals surface area contributed by atoms with Gasteiger partial charge in [-0.2, -0.15) is 0 Å². The zero-order valence-corrected chi connectivity index (χ0v) is 15.0. The van der Waals surface area contributed by atoms with E-state index >= 15 is 0 Å². The smallest absolute Gasteiger partial charge is 0.306 e. The number of ether oxygens (including phenoxy) is 3. The lowest BCUT2D eigenvalue weighted by atomic mass is 9.81. The van der Waals surface area contributed by atoms with Gasteiger partial charge in [0.15, 0.2) is 6.79 Å². The van der Waals surface area contributed by atoms with Crippen LogP contribution in [0.5, 0.6) is 5.75 Å². The standard InChI is InChI=1S/C20H30O4/c1-3-4-5-13-20(21)24-19-12-7-6-11-18(19)16-9-8-10-17(14-16)23-15-22-2/h8-10,14,18-19H,3-7,11-13,15H2,1-2H3/t18-,19+/m0/s1. The first-order valence-electron chi connectivity index (χ1n) is 9.15. The van der Waals surface area contributed by atoms with Crippen LogP contribution in [0.3, 0.4) is 0 Å². The van der Waals surface area contributed by atoms with Crippen molar-refractivity contribution in [3.63, 3.8) is 0 Å². The summed E-state index contributed by atoms with van der Waals surface area (Å²) in [4.78, 5) is 12.1. The minimum Gasteiger partial charge on any atom is -0.468 e. The van der Waals surface area contributed by atoms with Gasteiger partial charge < -0.3 is 14.2 Å². The van der Waals surface area contributed by atoms with Crippen molar-refractivity contribution in [3.8, 4) is 5.75 Å². The van der Waals surface area contributed by atoms with Gasteiger partial charge in [0, 0.05) is 19.4 Å². The second kappa shape index (κ2) is 10.3. The fourth-order valence-electron chi connectivity index (χ4n) is 3.33. The molecule has 0 unspecified atom stereocenters. The van der Waals surface area contributed by atoms with Gasteiger partial charge in [0.25, 0.3) is 0 Å². The number of rotatable bonds is 9. The lowest BCUT2D eigenvalue weighted by Crippen LogP contribution is -2.28. The average Bonchev–Trinajstić information content (AvgIpc) is 2.61. The number of carbonyl (C=O) groups is 1. The van der Waals surface area contributed by atoms with Gasteiger partial charge in [-0.15, -0.1) is 0 Å². The number of carbonyl (C=O) groups excluding carboxylic acids is 1. The number of unbranched alkanes of at least 4 members (excludes halogenated alkanes) is 2. The molecule has 2 atom stereocenters. The van der Waals surface area contributed by atoms with Crippen LogP contribution in [0, 0.1) is 0 Å². The predicted molar refractivity (Wildman–Crippen MR) is 94.2 cm³/mol. The lowest BCUT2D eigenvalue weighted by molar-refractivity contribution is -0.151. The summed E-state index contributed by atoms with van der Waals surface area (Å²) in [5, 5.41) is 0. The van der Waals surface area contributed by atoms with E-state index in [1.807, 2.05) is 18.2 Å². The van der Waals surface area contributed by atoms with Crippen molar-refractivity contribution >= 4 is 5.97 Å². The Bertz CT molecular complexity index is 500. The van der Waals surface area contributed by atoms with Crippen LogP contribution in [0.25, 0.3) is 0 Å². The molecule has 0 aromatic heterocycles. The molecule has 0 aliphatic heterocycles. The molecule has 1 fully saturated rings. The predicted octanol–water partition coefficient (Wildman–Crippen LogP) is 4.82. The number of hydrogen-bond donors (Lipinski definition) is 0. The second-order valence-corrected chi connectivity index (χ2v) is 6.50. The summed E-state index contributed by atoms with van der Waals surface area (Å²) >= 11 is 0. The van der Waals surface area contributed by atoms with Crippen LogP contribution in [-0.4, -0.2) is 26.0 Å². The third-order valence-corrected chi connectivity index (χ3v) is 4.60. The van der Waals surface area contributed by atoms with E-state index < -0.39 is 0 Å². The molecule has 0 saturated heterocycles. The van der Waals surface area contributed by atoms with Gasteiger partial charge in [-0.1, -0.05) is 38.3 Å². The highest BCUT2D eigenvalue weighted by atomic mass is 16.7. The fourth-order valence-corrected chi connectivity index (χ4v) is 3.33. The Kier molecular flexibility index (Phi) is 8.10. The van der Waals surface area contributed by atoms with Crippen molar-refractivity contribution in [2.24, 2.45) is 0 Å². The minimum absolute atomic E-state index is 0.00875. The Morgan fingerprint density at radius 2 is 2.04 bits per heavy atom. The maximum absolute atomic E-state index is 12.1. The number of hydrogen-bond acceptors (Lipinski definition) is 4. The maximum atomic E-state index is 12.1. The molecule has 2 rings (SSSR count). The van der Waals surface area contributed by atoms with Gasteiger partial charge in [-0.3, -0.25) is 4.79 Å². The summed E-state index contributed by atoms with van der Waals surface area (Å²) in [6.45, 7) is 2.38. The molecule has 1 saturated carbocycles. The van der Waals surface area contributed by atoms with E-state index in [2.05, 4.69) is 13.0 Å². The number of methoxy groups -OCH3 is 1. The lowest BCUT2D eigenvalue weighted by Gasteiger charge is -2.31. The molecule has 0 heterocycles. The fraction of sp³-hybridized carbons (Fsp3) is 0.650. The van der Waals surface area contributed by atoms with E-state index in [1.165, 1.54) is 12.0 Å². The molecule has 0 bridgehead atoms. The zero-order chi connectivity index (χ0) is 17.2. The van der Waals surface area contributed by atoms with Crippen molar-refractivity contribution in [1.82, 2.24) is 0 Å². The van der Waals surface area contributed by atoms with Gasteiger partial charge in [-0.05, 0) is 43.4 Å². The molecule has 1 aliphatic rings. The first-order valence-corrected chi connectivity index (χ1v) is 9.15. The zero-order valence-electron chi connectivity index (χ0n) is 15.0. The maximum Gasteiger partial charge on any atom is 0.306 e. The summed E-state index contributed by atoms with van der Waals surface area (Å²) in [6, 6.07) is 8.08. The van der Waals surface area contributed by atoms with Crippen molar-refractivity contribution in [2.45, 2.75) is 70.3 Å².